The van der Waals surface area contributed by atoms with Gasteiger partial charge in [0.15, 0.2) is 0 Å². The number of benzene rings is 1. The predicted molar refractivity (Wildman–Crippen MR) is 60.3 cm³/mol. The second-order valence-electron chi connectivity index (χ2n) is 2.76. The third-order valence-corrected chi connectivity index (χ3v) is 2.03. The molecule has 0 aliphatic carbocycles. The minimum atomic E-state index is -0.452. The van der Waals surface area contributed by atoms with Gasteiger partial charge >= 0.3 is 0 Å². The molecule has 0 heterocycles. The number of nitrogens with one attached hydrogen (secondary N) is 1. The second-order valence-corrected chi connectivity index (χ2v) is 3.19. The van der Waals surface area contributed by atoms with Gasteiger partial charge in [-0.15, -0.1) is 0 Å². The zero-order chi connectivity index (χ0) is 11.3. The standard InChI is InChI=1S/C9H10ClN3O2/c1-2-9(10)12-11-7-3-5-8(6-4-7)13(14)15/h3-6,11H,2H2,1H3/b12-9-. The van der Waals surface area contributed by atoms with Crippen LogP contribution < -0.4 is 5.43 Å². The lowest BCUT2D eigenvalue weighted by Gasteiger charge is -1.99. The SMILES string of the molecule is CC/C(Cl)=N/Nc1ccc([N+](=O)[O-])cc1. The average molecular weight is 228 g/mol. The van der Waals surface area contributed by atoms with Crippen molar-refractivity contribution in [2.75, 3.05) is 5.43 Å². The summed E-state index contributed by atoms with van der Waals surface area (Å²) in [6.07, 6.45) is 0.640. The Kier molecular flexibility index (Phi) is 4.05. The summed E-state index contributed by atoms with van der Waals surface area (Å²) in [5, 5.41) is 14.7. The zero-order valence-corrected chi connectivity index (χ0v) is 8.86. The average Bonchev–Trinajstić information content (AvgIpc) is 2.26. The maximum Gasteiger partial charge on any atom is 0.269 e. The summed E-state index contributed by atoms with van der Waals surface area (Å²) in [7, 11) is 0. The van der Waals surface area contributed by atoms with Gasteiger partial charge in [0, 0.05) is 12.1 Å². The van der Waals surface area contributed by atoms with Gasteiger partial charge in [0.25, 0.3) is 5.69 Å². The molecule has 1 aromatic rings. The second kappa shape index (κ2) is 5.31. The van der Waals surface area contributed by atoms with Crippen LogP contribution in [0.2, 0.25) is 0 Å². The van der Waals surface area contributed by atoms with E-state index in [1.54, 1.807) is 12.1 Å². The van der Waals surface area contributed by atoms with Crippen molar-refractivity contribution in [3.05, 3.63) is 34.4 Å². The molecule has 0 radical (unpaired) electrons. The van der Waals surface area contributed by atoms with Gasteiger partial charge in [-0.05, 0) is 18.6 Å². The third-order valence-electron chi connectivity index (χ3n) is 1.68. The summed E-state index contributed by atoms with van der Waals surface area (Å²) in [5.41, 5.74) is 3.40. The first-order valence-electron chi connectivity index (χ1n) is 4.36. The van der Waals surface area contributed by atoms with Gasteiger partial charge < -0.3 is 0 Å². The van der Waals surface area contributed by atoms with E-state index >= 15 is 0 Å². The number of rotatable bonds is 4. The molecule has 0 unspecified atom stereocenters. The summed E-state index contributed by atoms with van der Waals surface area (Å²) in [6.45, 7) is 1.88. The van der Waals surface area contributed by atoms with Crippen molar-refractivity contribution in [2.24, 2.45) is 5.10 Å². The van der Waals surface area contributed by atoms with Crippen LogP contribution in [0.4, 0.5) is 11.4 Å². The minimum absolute atomic E-state index is 0.0473. The van der Waals surface area contributed by atoms with Crippen LogP contribution in [0.25, 0.3) is 0 Å². The van der Waals surface area contributed by atoms with E-state index in [9.17, 15) is 10.1 Å². The molecule has 0 spiro atoms. The monoisotopic (exact) mass is 227 g/mol. The van der Waals surface area contributed by atoms with E-state index in [0.29, 0.717) is 17.3 Å². The highest BCUT2D eigenvalue weighted by Crippen LogP contribution is 2.15. The minimum Gasteiger partial charge on any atom is -0.277 e. The molecule has 0 atom stereocenters. The lowest BCUT2D eigenvalue weighted by Crippen LogP contribution is -1.94. The van der Waals surface area contributed by atoms with Crippen LogP contribution in [0, 0.1) is 10.1 Å². The lowest BCUT2D eigenvalue weighted by molar-refractivity contribution is -0.384. The Morgan fingerprint density at radius 1 is 1.53 bits per heavy atom. The number of nitro benzene ring substituents is 1. The van der Waals surface area contributed by atoms with Crippen molar-refractivity contribution in [1.29, 1.82) is 0 Å². The number of anilines is 1. The number of non-ortho nitro benzene ring substituents is 1. The number of nitrogens with zero attached hydrogens (tertiary/aromatic N) is 2. The summed E-state index contributed by atoms with van der Waals surface area (Å²) in [4.78, 5) is 9.91. The fraction of sp³-hybridized carbons (Fsp3) is 0.222. The third kappa shape index (κ3) is 3.55. The molecule has 1 aromatic carbocycles. The quantitative estimate of drug-likeness (QED) is 0.489. The van der Waals surface area contributed by atoms with Gasteiger partial charge in [0.05, 0.1) is 10.6 Å². The number of halogens is 1. The smallest absolute Gasteiger partial charge is 0.269 e. The van der Waals surface area contributed by atoms with Crippen LogP contribution in [0.5, 0.6) is 0 Å². The lowest BCUT2D eigenvalue weighted by atomic mass is 10.3. The molecule has 1 N–H and O–H groups in total. The molecule has 80 valence electrons. The topological polar surface area (TPSA) is 67.5 Å². The Morgan fingerprint density at radius 2 is 2.13 bits per heavy atom. The Balaban J connectivity index is 2.69. The van der Waals surface area contributed by atoms with Crippen LogP contribution in [0.3, 0.4) is 0 Å². The molecular weight excluding hydrogens is 218 g/mol. The molecule has 6 heteroatoms. The molecule has 1 rings (SSSR count). The van der Waals surface area contributed by atoms with E-state index in [-0.39, 0.29) is 5.69 Å². The van der Waals surface area contributed by atoms with Crippen LogP contribution >= 0.6 is 11.6 Å². The molecule has 0 aromatic heterocycles. The molecule has 0 aliphatic rings. The van der Waals surface area contributed by atoms with Gasteiger partial charge in [-0.3, -0.25) is 15.5 Å². The van der Waals surface area contributed by atoms with E-state index < -0.39 is 4.92 Å². The first-order chi connectivity index (χ1) is 7.13. The van der Waals surface area contributed by atoms with Crippen molar-refractivity contribution >= 4 is 28.1 Å². The van der Waals surface area contributed by atoms with E-state index in [2.05, 4.69) is 10.5 Å². The fourth-order valence-electron chi connectivity index (χ4n) is 0.862. The highest BCUT2D eigenvalue weighted by Gasteiger charge is 2.02. The van der Waals surface area contributed by atoms with Crippen molar-refractivity contribution in [1.82, 2.24) is 0 Å². The molecule has 15 heavy (non-hydrogen) atoms. The van der Waals surface area contributed by atoms with Crippen molar-refractivity contribution in [3.8, 4) is 0 Å². The van der Waals surface area contributed by atoms with Crippen molar-refractivity contribution in [3.63, 3.8) is 0 Å². The molecule has 0 saturated carbocycles. The number of hydrogen-bond donors (Lipinski definition) is 1. The molecule has 0 fully saturated rings. The van der Waals surface area contributed by atoms with Gasteiger partial charge in [0.2, 0.25) is 0 Å². The van der Waals surface area contributed by atoms with Gasteiger partial charge in [0.1, 0.15) is 5.17 Å². The van der Waals surface area contributed by atoms with Crippen LogP contribution in [-0.4, -0.2) is 10.1 Å². The van der Waals surface area contributed by atoms with Crippen LogP contribution in [-0.2, 0) is 0 Å². The first kappa shape index (κ1) is 11.5. The number of nitro groups is 1. The molecule has 0 amide bonds. The maximum atomic E-state index is 10.4. The van der Waals surface area contributed by atoms with E-state index in [1.165, 1.54) is 12.1 Å². The highest BCUT2D eigenvalue weighted by atomic mass is 35.5. The normalized spacial score (nSPS) is 11.2. The van der Waals surface area contributed by atoms with E-state index in [0.717, 1.165) is 0 Å². The Labute approximate surface area is 91.9 Å². The Hall–Kier alpha value is -1.62. The highest BCUT2D eigenvalue weighted by molar-refractivity contribution is 6.65. The van der Waals surface area contributed by atoms with Crippen molar-refractivity contribution in [2.45, 2.75) is 13.3 Å². The predicted octanol–water partition coefficient (Wildman–Crippen LogP) is 2.97. The van der Waals surface area contributed by atoms with E-state index in [1.807, 2.05) is 6.92 Å². The van der Waals surface area contributed by atoms with Crippen molar-refractivity contribution < 1.29 is 4.92 Å². The summed E-state index contributed by atoms with van der Waals surface area (Å²) < 4.78 is 0. The number of hydrogen-bond acceptors (Lipinski definition) is 4. The largest absolute Gasteiger partial charge is 0.277 e. The molecule has 0 saturated heterocycles. The van der Waals surface area contributed by atoms with E-state index in [4.69, 9.17) is 11.6 Å². The maximum absolute atomic E-state index is 10.4. The number of hydrazone groups is 1. The fourth-order valence-corrected chi connectivity index (χ4v) is 0.904. The summed E-state index contributed by atoms with van der Waals surface area (Å²) in [5.74, 6) is 0. The summed E-state index contributed by atoms with van der Waals surface area (Å²) >= 11 is 5.68. The van der Waals surface area contributed by atoms with Crippen LogP contribution in [0.15, 0.2) is 29.4 Å². The Bertz CT molecular complexity index is 375. The van der Waals surface area contributed by atoms with Gasteiger partial charge in [-0.1, -0.05) is 18.5 Å². The molecule has 5 nitrogen and oxygen atoms in total. The summed E-state index contributed by atoms with van der Waals surface area (Å²) in [6, 6.07) is 5.94. The molecule has 0 bridgehead atoms. The van der Waals surface area contributed by atoms with Gasteiger partial charge in [-0.2, -0.15) is 5.10 Å². The molecule has 0 aliphatic heterocycles. The van der Waals surface area contributed by atoms with Crippen LogP contribution in [0.1, 0.15) is 13.3 Å². The first-order valence-corrected chi connectivity index (χ1v) is 4.73. The van der Waals surface area contributed by atoms with Gasteiger partial charge in [-0.25, -0.2) is 0 Å². The zero-order valence-electron chi connectivity index (χ0n) is 8.11. The molecular formula is C9H10ClN3O2. The Morgan fingerprint density at radius 3 is 2.60 bits per heavy atom.